The van der Waals surface area contributed by atoms with Crippen LogP contribution >= 0.6 is 0 Å². The Kier molecular flexibility index (Phi) is 5.93. The number of aromatic nitrogens is 3. The van der Waals surface area contributed by atoms with Crippen molar-refractivity contribution in [3.8, 4) is 11.5 Å². The van der Waals surface area contributed by atoms with Crippen molar-refractivity contribution in [2.75, 3.05) is 17.2 Å². The van der Waals surface area contributed by atoms with Crippen LogP contribution in [-0.2, 0) is 6.42 Å². The van der Waals surface area contributed by atoms with Crippen molar-refractivity contribution in [1.29, 1.82) is 0 Å². The molecule has 6 heteroatoms. The van der Waals surface area contributed by atoms with Crippen LogP contribution in [-0.4, -0.2) is 21.7 Å². The number of hydrogen-bond acceptors (Lipinski definition) is 6. The van der Waals surface area contributed by atoms with Crippen molar-refractivity contribution in [3.63, 3.8) is 0 Å². The monoisotopic (exact) mass is 383 g/mol. The molecule has 0 aliphatic carbocycles. The molecule has 1 aromatic heterocycles. The molecular formula is C23H21N5O. The average Bonchev–Trinajstić information content (AvgIpc) is 2.77. The third-order valence-electron chi connectivity index (χ3n) is 4.21. The minimum atomic E-state index is 0.437. The lowest BCUT2D eigenvalue weighted by molar-refractivity contribution is 0.483. The van der Waals surface area contributed by atoms with Gasteiger partial charge in [-0.2, -0.15) is 10.1 Å². The van der Waals surface area contributed by atoms with E-state index in [9.17, 15) is 0 Å². The van der Waals surface area contributed by atoms with Gasteiger partial charge in [0.1, 0.15) is 11.5 Å². The summed E-state index contributed by atoms with van der Waals surface area (Å²) < 4.78 is 5.80. The van der Waals surface area contributed by atoms with Gasteiger partial charge in [0.05, 0.1) is 6.20 Å². The number of para-hydroxylation sites is 1. The van der Waals surface area contributed by atoms with E-state index in [1.165, 1.54) is 5.56 Å². The van der Waals surface area contributed by atoms with Crippen molar-refractivity contribution in [2.45, 2.75) is 6.42 Å². The minimum absolute atomic E-state index is 0.437. The highest BCUT2D eigenvalue weighted by molar-refractivity contribution is 5.55. The zero-order valence-electron chi connectivity index (χ0n) is 15.8. The lowest BCUT2D eigenvalue weighted by Crippen LogP contribution is -2.08. The molecule has 4 rings (SSSR count). The fraction of sp³-hybridized carbons (Fsp3) is 0.0870. The van der Waals surface area contributed by atoms with Crippen LogP contribution in [0, 0.1) is 0 Å². The molecule has 0 aliphatic rings. The van der Waals surface area contributed by atoms with Crippen molar-refractivity contribution in [2.24, 2.45) is 0 Å². The summed E-state index contributed by atoms with van der Waals surface area (Å²) in [5.74, 6) is 2.68. The van der Waals surface area contributed by atoms with Crippen LogP contribution in [0.4, 0.5) is 17.5 Å². The van der Waals surface area contributed by atoms with Crippen LogP contribution in [0.15, 0.2) is 91.1 Å². The van der Waals surface area contributed by atoms with E-state index in [2.05, 4.69) is 37.9 Å². The maximum absolute atomic E-state index is 5.80. The van der Waals surface area contributed by atoms with E-state index in [0.717, 1.165) is 30.2 Å². The van der Waals surface area contributed by atoms with Gasteiger partial charge in [-0.25, -0.2) is 0 Å². The molecule has 0 atom stereocenters. The Morgan fingerprint density at radius 1 is 0.759 bits per heavy atom. The molecular weight excluding hydrogens is 362 g/mol. The van der Waals surface area contributed by atoms with E-state index in [1.807, 2.05) is 72.8 Å². The van der Waals surface area contributed by atoms with Crippen LogP contribution in [0.5, 0.6) is 11.5 Å². The lowest BCUT2D eigenvalue weighted by atomic mass is 10.1. The molecule has 6 nitrogen and oxygen atoms in total. The Balaban J connectivity index is 1.32. The molecule has 0 fully saturated rings. The highest BCUT2D eigenvalue weighted by atomic mass is 16.5. The van der Waals surface area contributed by atoms with Crippen LogP contribution in [0.3, 0.4) is 0 Å². The second-order valence-electron chi connectivity index (χ2n) is 6.39. The molecule has 4 aromatic rings. The Morgan fingerprint density at radius 3 is 2.21 bits per heavy atom. The van der Waals surface area contributed by atoms with E-state index in [4.69, 9.17) is 4.74 Å². The molecule has 1 heterocycles. The van der Waals surface area contributed by atoms with Gasteiger partial charge in [-0.05, 0) is 48.4 Å². The van der Waals surface area contributed by atoms with Gasteiger partial charge < -0.3 is 15.4 Å². The third kappa shape index (κ3) is 5.52. The zero-order chi connectivity index (χ0) is 19.7. The van der Waals surface area contributed by atoms with E-state index >= 15 is 0 Å². The fourth-order valence-electron chi connectivity index (χ4n) is 2.78. The van der Waals surface area contributed by atoms with Crippen LogP contribution in [0.25, 0.3) is 0 Å². The molecule has 0 bridgehead atoms. The predicted octanol–water partition coefficient (Wildman–Crippen LogP) is 5.06. The molecule has 0 aliphatic heterocycles. The molecule has 3 aromatic carbocycles. The second-order valence-corrected chi connectivity index (χ2v) is 6.39. The third-order valence-corrected chi connectivity index (χ3v) is 4.21. The van der Waals surface area contributed by atoms with Crippen molar-refractivity contribution < 1.29 is 4.74 Å². The van der Waals surface area contributed by atoms with Gasteiger partial charge >= 0.3 is 0 Å². The summed E-state index contributed by atoms with van der Waals surface area (Å²) in [6.07, 6.45) is 2.53. The quantitative estimate of drug-likeness (QED) is 0.443. The molecule has 0 saturated heterocycles. The summed E-state index contributed by atoms with van der Waals surface area (Å²) >= 11 is 0. The second kappa shape index (κ2) is 9.32. The van der Waals surface area contributed by atoms with E-state index in [1.54, 1.807) is 6.20 Å². The number of hydrogen-bond donors (Lipinski definition) is 2. The highest BCUT2D eigenvalue weighted by Crippen LogP contribution is 2.23. The van der Waals surface area contributed by atoms with Crippen LogP contribution in [0.2, 0.25) is 0 Å². The molecule has 144 valence electrons. The largest absolute Gasteiger partial charge is 0.457 e. The zero-order valence-corrected chi connectivity index (χ0v) is 15.8. The number of benzene rings is 3. The summed E-state index contributed by atoms with van der Waals surface area (Å²) in [5, 5.41) is 14.5. The van der Waals surface area contributed by atoms with Gasteiger partial charge in [0.25, 0.3) is 0 Å². The first kappa shape index (κ1) is 18.4. The Labute approximate surface area is 169 Å². The van der Waals surface area contributed by atoms with E-state index in [-0.39, 0.29) is 0 Å². The number of ether oxygens (including phenoxy) is 1. The maximum Gasteiger partial charge on any atom is 0.249 e. The van der Waals surface area contributed by atoms with Gasteiger partial charge in [0.2, 0.25) is 5.95 Å². The normalized spacial score (nSPS) is 10.3. The number of rotatable bonds is 8. The smallest absolute Gasteiger partial charge is 0.249 e. The average molecular weight is 383 g/mol. The first-order valence-corrected chi connectivity index (χ1v) is 9.43. The molecule has 2 N–H and O–H groups in total. The van der Waals surface area contributed by atoms with Gasteiger partial charge in [-0.3, -0.25) is 0 Å². The highest BCUT2D eigenvalue weighted by Gasteiger charge is 2.03. The summed E-state index contributed by atoms with van der Waals surface area (Å²) in [4.78, 5) is 4.46. The van der Waals surface area contributed by atoms with E-state index < -0.39 is 0 Å². The van der Waals surface area contributed by atoms with Crippen molar-refractivity contribution in [3.05, 3.63) is 96.7 Å². The number of nitrogens with zero attached hydrogens (tertiary/aromatic N) is 3. The van der Waals surface area contributed by atoms with Crippen molar-refractivity contribution in [1.82, 2.24) is 15.2 Å². The fourth-order valence-corrected chi connectivity index (χ4v) is 2.78. The molecule has 0 spiro atoms. The predicted molar refractivity (Wildman–Crippen MR) is 115 cm³/mol. The molecule has 0 unspecified atom stereocenters. The molecule has 0 radical (unpaired) electrons. The van der Waals surface area contributed by atoms with Gasteiger partial charge in [-0.1, -0.05) is 48.5 Å². The van der Waals surface area contributed by atoms with Crippen molar-refractivity contribution >= 4 is 17.5 Å². The standard InChI is InChI=1S/C23H21N5O/c1-3-7-18(8-4-1)15-16-24-22-17-25-28-23(27-22)26-19-11-13-21(14-12-19)29-20-9-5-2-6-10-20/h1-14,17H,15-16H2,(H2,24,26,27,28). The summed E-state index contributed by atoms with van der Waals surface area (Å²) in [7, 11) is 0. The van der Waals surface area contributed by atoms with Gasteiger partial charge in [-0.15, -0.1) is 5.10 Å². The van der Waals surface area contributed by atoms with Crippen LogP contribution < -0.4 is 15.4 Å². The number of nitrogens with one attached hydrogen (secondary N) is 2. The first-order chi connectivity index (χ1) is 14.3. The van der Waals surface area contributed by atoms with Gasteiger partial charge in [0, 0.05) is 12.2 Å². The minimum Gasteiger partial charge on any atom is -0.457 e. The maximum atomic E-state index is 5.80. The van der Waals surface area contributed by atoms with E-state index in [0.29, 0.717) is 11.8 Å². The Morgan fingerprint density at radius 2 is 1.45 bits per heavy atom. The summed E-state index contributed by atoms with van der Waals surface area (Å²) in [5.41, 5.74) is 2.13. The molecule has 0 amide bonds. The van der Waals surface area contributed by atoms with Gasteiger partial charge in [0.15, 0.2) is 5.82 Å². The SMILES string of the molecule is c1ccc(CCNc2cnnc(Nc3ccc(Oc4ccccc4)cc3)n2)cc1. The number of anilines is 3. The Hall–Kier alpha value is -3.93. The Bertz CT molecular complexity index is 1020. The topological polar surface area (TPSA) is 72.0 Å². The summed E-state index contributed by atoms with van der Waals surface area (Å²) in [6.45, 7) is 0.771. The molecule has 0 saturated carbocycles. The molecule has 29 heavy (non-hydrogen) atoms. The summed E-state index contributed by atoms with van der Waals surface area (Å²) in [6, 6.07) is 27.6. The van der Waals surface area contributed by atoms with Crippen LogP contribution in [0.1, 0.15) is 5.56 Å². The lowest BCUT2D eigenvalue weighted by Gasteiger charge is -2.09. The first-order valence-electron chi connectivity index (χ1n) is 9.43.